The van der Waals surface area contributed by atoms with Gasteiger partial charge >= 0.3 is 47.8 Å². The zero-order chi connectivity index (χ0) is 50.3. The highest BCUT2D eigenvalue weighted by molar-refractivity contribution is 6.36. The lowest BCUT2D eigenvalue weighted by Crippen LogP contribution is -2.70. The molecule has 0 rings (SSSR count). The second kappa shape index (κ2) is 27.9. The summed E-state index contributed by atoms with van der Waals surface area (Å²) in [6.45, 7) is 5.15. The molecule has 9 N–H and O–H groups in total. The van der Waals surface area contributed by atoms with Gasteiger partial charge in [0, 0.05) is 38.8 Å². The predicted molar refractivity (Wildman–Crippen MR) is 215 cm³/mol. The van der Waals surface area contributed by atoms with Gasteiger partial charge < -0.3 is 50.9 Å². The van der Waals surface area contributed by atoms with Gasteiger partial charge in [0.05, 0.1) is 5.41 Å². The molecular formula is C40H60N2O22. The highest BCUT2D eigenvalue weighted by Gasteiger charge is 2.65. The van der Waals surface area contributed by atoms with E-state index in [1.54, 1.807) is 7.05 Å². The molecule has 0 bridgehead atoms. The lowest BCUT2D eigenvalue weighted by molar-refractivity contribution is -0.189. The molecule has 1 unspecified atom stereocenters. The molecule has 64 heavy (non-hydrogen) atoms. The Morgan fingerprint density at radius 3 is 1.22 bits per heavy atom. The van der Waals surface area contributed by atoms with Crippen molar-refractivity contribution >= 4 is 76.7 Å². The molecule has 24 heteroatoms. The minimum atomic E-state index is -2.82. The Balaban J connectivity index is 0. The van der Waals surface area contributed by atoms with Crippen LogP contribution in [-0.2, 0) is 67.1 Å². The number of Topliss-reactive ketones (excluding diaryl/α,β-unsaturated/α-hetero) is 5. The molecule has 0 spiro atoms. The van der Waals surface area contributed by atoms with Crippen molar-refractivity contribution in [3.05, 3.63) is 0 Å². The highest BCUT2D eigenvalue weighted by Crippen LogP contribution is 2.50. The maximum Gasteiger partial charge on any atom is 0.372 e. The molecule has 0 aromatic carbocycles. The number of ether oxygens (including phenoxy) is 1. The molecule has 0 aliphatic heterocycles. The lowest BCUT2D eigenvalue weighted by Gasteiger charge is -2.53. The van der Waals surface area contributed by atoms with Crippen LogP contribution in [0.15, 0.2) is 0 Å². The van der Waals surface area contributed by atoms with Crippen molar-refractivity contribution in [2.45, 2.75) is 128 Å². The molecule has 362 valence electrons. The van der Waals surface area contributed by atoms with Gasteiger partial charge in [0.15, 0.2) is 5.60 Å². The van der Waals surface area contributed by atoms with Gasteiger partial charge in [-0.25, -0.2) is 28.8 Å². The summed E-state index contributed by atoms with van der Waals surface area (Å²) < 4.78 is 5.65. The Labute approximate surface area is 367 Å². The van der Waals surface area contributed by atoms with E-state index in [2.05, 4.69) is 5.32 Å². The second-order valence-corrected chi connectivity index (χ2v) is 15.9. The van der Waals surface area contributed by atoms with E-state index < -0.39 is 189 Å². The topological polar surface area (TPSA) is 408 Å². The Hall–Kier alpha value is -6.01. The zero-order valence-corrected chi connectivity index (χ0v) is 36.6. The Bertz CT molecular complexity index is 1720. The van der Waals surface area contributed by atoms with Crippen LogP contribution in [0.25, 0.3) is 0 Å². The Kier molecular flexibility index (Phi) is 26.2. The first-order valence-corrected chi connectivity index (χ1v) is 20.0. The number of carboxylic acids is 8. The Morgan fingerprint density at radius 1 is 0.547 bits per heavy atom. The molecule has 0 heterocycles. The SMILES string of the molecule is CC(C)C[C@@](C(=O)O)(N(C)CC(CCCC(=O)C(=O)O)(OCCCC(=O)C(=O)O)C(=O)O)C(CCCC(=O)C(=O)O)(CCCC(=O)C(=O)O)C(=O)C(=O)O.CN[C@@H](CC(C)C)C(=O)O. The van der Waals surface area contributed by atoms with Crippen LogP contribution in [0.5, 0.6) is 0 Å². The fraction of sp³-hybridized carbons (Fsp3) is 0.675. The van der Waals surface area contributed by atoms with Crippen molar-refractivity contribution in [3.63, 3.8) is 0 Å². The quantitative estimate of drug-likeness (QED) is 0.0315. The van der Waals surface area contributed by atoms with Crippen LogP contribution in [0.2, 0.25) is 0 Å². The average molecular weight is 921 g/mol. The summed E-state index contributed by atoms with van der Waals surface area (Å²) in [5.74, 6) is -21.8. The van der Waals surface area contributed by atoms with E-state index in [0.29, 0.717) is 12.3 Å². The molecule has 0 saturated heterocycles. The summed E-state index contributed by atoms with van der Waals surface area (Å²) in [5.41, 5.74) is -8.21. The summed E-state index contributed by atoms with van der Waals surface area (Å²) >= 11 is 0. The predicted octanol–water partition coefficient (Wildman–Crippen LogP) is 0.879. The van der Waals surface area contributed by atoms with Gasteiger partial charge in [-0.15, -0.1) is 0 Å². The molecular weight excluding hydrogens is 860 g/mol. The maximum atomic E-state index is 13.9. The van der Waals surface area contributed by atoms with Crippen LogP contribution < -0.4 is 5.32 Å². The van der Waals surface area contributed by atoms with Gasteiger partial charge in [-0.05, 0) is 83.7 Å². The Morgan fingerprint density at radius 2 is 0.938 bits per heavy atom. The first-order chi connectivity index (χ1) is 29.4. The van der Waals surface area contributed by atoms with Crippen LogP contribution in [-0.4, -0.2) is 167 Å². The third-order valence-corrected chi connectivity index (χ3v) is 10.2. The van der Waals surface area contributed by atoms with E-state index in [4.69, 9.17) is 30.3 Å². The molecule has 0 aromatic rings. The van der Waals surface area contributed by atoms with E-state index in [1.807, 2.05) is 13.8 Å². The molecule has 0 aliphatic rings. The number of ketones is 5. The number of nitrogens with zero attached hydrogens (tertiary/aromatic N) is 1. The number of carboxylic acid groups (broad SMARTS) is 8. The van der Waals surface area contributed by atoms with Crippen molar-refractivity contribution in [3.8, 4) is 0 Å². The van der Waals surface area contributed by atoms with Crippen molar-refractivity contribution in [2.24, 2.45) is 17.3 Å². The largest absolute Gasteiger partial charge is 0.480 e. The molecule has 3 atom stereocenters. The smallest absolute Gasteiger partial charge is 0.372 e. The zero-order valence-electron chi connectivity index (χ0n) is 36.6. The third kappa shape index (κ3) is 18.4. The van der Waals surface area contributed by atoms with Crippen LogP contribution in [0, 0.1) is 17.3 Å². The number of hydrogen-bond acceptors (Lipinski definition) is 16. The molecule has 0 amide bonds. The number of likely N-dealkylation sites (N-methyl/N-ethyl adjacent to an activating group) is 2. The van der Waals surface area contributed by atoms with Crippen LogP contribution in [0.4, 0.5) is 0 Å². The number of rotatable bonds is 35. The van der Waals surface area contributed by atoms with Gasteiger partial charge in [0.2, 0.25) is 28.9 Å². The number of aliphatic carboxylic acids is 8. The summed E-state index contributed by atoms with van der Waals surface area (Å²) in [7, 11) is 2.64. The minimum Gasteiger partial charge on any atom is -0.480 e. The first-order valence-electron chi connectivity index (χ1n) is 20.0. The first kappa shape index (κ1) is 60.1. The molecule has 0 saturated carbocycles. The minimum absolute atomic E-state index is 0.389. The molecule has 0 radical (unpaired) electrons. The summed E-state index contributed by atoms with van der Waals surface area (Å²) in [5, 5.41) is 79.1. The van der Waals surface area contributed by atoms with E-state index in [9.17, 15) is 77.6 Å². The monoisotopic (exact) mass is 920 g/mol. The highest BCUT2D eigenvalue weighted by atomic mass is 16.5. The summed E-state index contributed by atoms with van der Waals surface area (Å²) in [4.78, 5) is 157. The third-order valence-electron chi connectivity index (χ3n) is 10.2. The molecule has 0 fully saturated rings. The van der Waals surface area contributed by atoms with Crippen molar-refractivity contribution in [2.75, 3.05) is 27.2 Å². The molecule has 0 aromatic heterocycles. The van der Waals surface area contributed by atoms with Gasteiger partial charge in [-0.3, -0.25) is 38.5 Å². The van der Waals surface area contributed by atoms with Crippen molar-refractivity contribution < 1.29 is 108 Å². The fourth-order valence-corrected chi connectivity index (χ4v) is 7.25. The normalized spacial score (nSPS) is 13.6. The van der Waals surface area contributed by atoms with Gasteiger partial charge in [0.1, 0.15) is 11.6 Å². The number of hydrogen-bond donors (Lipinski definition) is 9. The fourth-order valence-electron chi connectivity index (χ4n) is 7.25. The second-order valence-electron chi connectivity index (χ2n) is 15.9. The van der Waals surface area contributed by atoms with Gasteiger partial charge in [-0.1, -0.05) is 27.7 Å². The number of nitrogens with one attached hydrogen (secondary N) is 1. The van der Waals surface area contributed by atoms with Crippen LogP contribution in [0.1, 0.15) is 111 Å². The van der Waals surface area contributed by atoms with E-state index in [-0.39, 0.29) is 6.04 Å². The van der Waals surface area contributed by atoms with Crippen molar-refractivity contribution in [1.29, 1.82) is 0 Å². The van der Waals surface area contributed by atoms with Crippen LogP contribution >= 0.6 is 0 Å². The van der Waals surface area contributed by atoms with E-state index in [1.165, 1.54) is 13.8 Å². The summed E-state index contributed by atoms with van der Waals surface area (Å²) in [6, 6.07) is -0.389. The van der Waals surface area contributed by atoms with Gasteiger partial charge in [-0.2, -0.15) is 0 Å². The molecule has 0 aliphatic carbocycles. The van der Waals surface area contributed by atoms with Crippen molar-refractivity contribution in [1.82, 2.24) is 10.2 Å². The van der Waals surface area contributed by atoms with E-state index >= 15 is 0 Å². The van der Waals surface area contributed by atoms with E-state index in [0.717, 1.165) is 11.9 Å². The maximum absolute atomic E-state index is 13.9. The average Bonchev–Trinajstić information content (AvgIpc) is 3.18. The number of carbonyl (C=O) groups is 13. The number of carbonyl (C=O) groups excluding carboxylic acids is 5. The lowest BCUT2D eigenvalue weighted by atomic mass is 9.57. The standard InChI is InChI=1S/C33H45NO20.C7H15NO2/c1-18(2)16-33(30(52)53,31(23(39)28(48)49,12-4-8-19(35)24(40)41)13-5-9-20(36)25(42)43)34(3)17-32(29(50)51,14-6-10-21(37)26(44)45)54-15-7-11-22(38)27(46)47;1-5(2)4-6(8-3)7(9)10/h18H,4-17H2,1-3H3,(H,40,41)(H,42,43)(H,44,45)(H,46,47)(H,48,49)(H,50,51)(H,52,53);5-6,8H,4H2,1-3H3,(H,9,10)/t32?,33-;6-/m00/s1. The van der Waals surface area contributed by atoms with Gasteiger partial charge in [0.25, 0.3) is 0 Å². The molecule has 24 nitrogen and oxygen atoms in total. The summed E-state index contributed by atoms with van der Waals surface area (Å²) in [6.07, 6.45) is -7.71. The van der Waals surface area contributed by atoms with Crippen LogP contribution in [0.3, 0.4) is 0 Å².